The van der Waals surface area contributed by atoms with Gasteiger partial charge in [0.2, 0.25) is 10.0 Å². The summed E-state index contributed by atoms with van der Waals surface area (Å²) in [4.78, 5) is 11.9. The summed E-state index contributed by atoms with van der Waals surface area (Å²) in [6.45, 7) is 0.316. The number of carbonyl (C=O) groups is 1. The number of nitrogens with two attached hydrogens (primary N) is 1. The maximum atomic E-state index is 11.9. The van der Waals surface area contributed by atoms with Crippen molar-refractivity contribution in [1.29, 1.82) is 0 Å². The number of methoxy groups -OCH3 is 1. The first-order valence-electron chi connectivity index (χ1n) is 5.92. The minimum atomic E-state index is -3.77. The van der Waals surface area contributed by atoms with Gasteiger partial charge in [-0.2, -0.15) is 0 Å². The molecule has 6 nitrogen and oxygen atoms in total. The third kappa shape index (κ3) is 4.03. The first-order valence-corrected chi connectivity index (χ1v) is 8.35. The molecule has 0 spiro atoms. The highest BCUT2D eigenvalue weighted by Gasteiger charge is 2.15. The Kier molecular flexibility index (Phi) is 4.61. The zero-order valence-electron chi connectivity index (χ0n) is 11.2. The lowest BCUT2D eigenvalue weighted by atomic mass is 10.2. The van der Waals surface area contributed by atoms with Gasteiger partial charge in [-0.25, -0.2) is 13.6 Å². The van der Waals surface area contributed by atoms with Crippen LogP contribution < -0.4 is 15.2 Å². The second kappa shape index (κ2) is 6.25. The van der Waals surface area contributed by atoms with Crippen molar-refractivity contribution in [2.24, 2.45) is 5.14 Å². The molecule has 3 N–H and O–H groups in total. The molecule has 112 valence electrons. The first kappa shape index (κ1) is 15.5. The summed E-state index contributed by atoms with van der Waals surface area (Å²) in [5.74, 6) is 0.345. The number of hydrogen-bond donors (Lipinski definition) is 2. The van der Waals surface area contributed by atoms with Gasteiger partial charge in [-0.1, -0.05) is 12.1 Å². The second-order valence-corrected chi connectivity index (χ2v) is 6.93. The molecule has 0 saturated heterocycles. The fraction of sp³-hybridized carbons (Fsp3) is 0.154. The number of hydrogen-bond acceptors (Lipinski definition) is 5. The van der Waals surface area contributed by atoms with Crippen molar-refractivity contribution in [3.63, 3.8) is 0 Å². The van der Waals surface area contributed by atoms with Crippen molar-refractivity contribution < 1.29 is 17.9 Å². The van der Waals surface area contributed by atoms with Crippen molar-refractivity contribution in [3.8, 4) is 5.75 Å². The Balaban J connectivity index is 2.03. The predicted molar refractivity (Wildman–Crippen MR) is 79.9 cm³/mol. The molecule has 0 unspecified atom stereocenters. The van der Waals surface area contributed by atoms with E-state index < -0.39 is 10.0 Å². The number of rotatable bonds is 5. The second-order valence-electron chi connectivity index (χ2n) is 4.23. The molecule has 1 amide bonds. The summed E-state index contributed by atoms with van der Waals surface area (Å²) in [6, 6.07) is 8.56. The summed E-state index contributed by atoms with van der Waals surface area (Å²) in [6.07, 6.45) is 0. The van der Waals surface area contributed by atoms with Gasteiger partial charge in [-0.3, -0.25) is 4.79 Å². The Bertz CT molecular complexity index is 753. The molecule has 0 bridgehead atoms. The van der Waals surface area contributed by atoms with E-state index in [2.05, 4.69) is 5.32 Å². The summed E-state index contributed by atoms with van der Waals surface area (Å²) < 4.78 is 27.4. The number of carbonyl (C=O) groups excluding carboxylic acids is 1. The third-order valence-electron chi connectivity index (χ3n) is 2.71. The van der Waals surface area contributed by atoms with E-state index in [0.717, 1.165) is 16.9 Å². The molecule has 0 aliphatic rings. The van der Waals surface area contributed by atoms with E-state index in [1.54, 1.807) is 7.11 Å². The van der Waals surface area contributed by atoms with E-state index in [0.29, 0.717) is 12.3 Å². The van der Waals surface area contributed by atoms with Crippen molar-refractivity contribution in [1.82, 2.24) is 5.32 Å². The average Bonchev–Trinajstić information content (AvgIpc) is 2.95. The zero-order valence-corrected chi connectivity index (χ0v) is 12.8. The molecule has 0 atom stereocenters. The Morgan fingerprint density at radius 3 is 2.76 bits per heavy atom. The van der Waals surface area contributed by atoms with Crippen LogP contribution in [0.4, 0.5) is 0 Å². The molecular formula is C13H14N2O4S2. The van der Waals surface area contributed by atoms with E-state index in [4.69, 9.17) is 9.88 Å². The van der Waals surface area contributed by atoms with Gasteiger partial charge in [-0.15, -0.1) is 11.3 Å². The SMILES string of the molecule is COc1cccc(CNC(=O)c2csc(S(N)(=O)=O)c2)c1. The van der Waals surface area contributed by atoms with Crippen LogP contribution in [-0.4, -0.2) is 21.4 Å². The highest BCUT2D eigenvalue weighted by molar-refractivity contribution is 7.91. The Hall–Kier alpha value is -1.90. The van der Waals surface area contributed by atoms with Gasteiger partial charge in [0.15, 0.2) is 0 Å². The van der Waals surface area contributed by atoms with Crippen LogP contribution in [0.15, 0.2) is 39.9 Å². The van der Waals surface area contributed by atoms with Crippen LogP contribution in [0.2, 0.25) is 0 Å². The van der Waals surface area contributed by atoms with Gasteiger partial charge in [0.05, 0.1) is 12.7 Å². The van der Waals surface area contributed by atoms with Crippen molar-refractivity contribution in [3.05, 3.63) is 46.8 Å². The molecule has 2 rings (SSSR count). The number of ether oxygens (including phenoxy) is 1. The highest BCUT2D eigenvalue weighted by atomic mass is 32.2. The average molecular weight is 326 g/mol. The lowest BCUT2D eigenvalue weighted by Crippen LogP contribution is -2.22. The minimum absolute atomic E-state index is 0.0333. The smallest absolute Gasteiger partial charge is 0.252 e. The number of benzene rings is 1. The maximum absolute atomic E-state index is 11.9. The van der Waals surface area contributed by atoms with Crippen molar-refractivity contribution in [2.75, 3.05) is 7.11 Å². The van der Waals surface area contributed by atoms with Crippen LogP contribution in [0.5, 0.6) is 5.75 Å². The molecule has 21 heavy (non-hydrogen) atoms. The summed E-state index contributed by atoms with van der Waals surface area (Å²) in [5.41, 5.74) is 1.15. The molecule has 0 saturated carbocycles. The van der Waals surface area contributed by atoms with Crippen LogP contribution >= 0.6 is 11.3 Å². The standard InChI is InChI=1S/C13H14N2O4S2/c1-19-11-4-2-3-9(5-11)7-15-13(16)10-6-12(20-8-10)21(14,17)18/h2-6,8H,7H2,1H3,(H,15,16)(H2,14,17,18). The van der Waals surface area contributed by atoms with E-state index >= 15 is 0 Å². The van der Waals surface area contributed by atoms with E-state index in [9.17, 15) is 13.2 Å². The van der Waals surface area contributed by atoms with Crippen LogP contribution in [-0.2, 0) is 16.6 Å². The molecule has 1 heterocycles. The summed E-state index contributed by atoms with van der Waals surface area (Å²) >= 11 is 0.919. The number of amides is 1. The largest absolute Gasteiger partial charge is 0.497 e. The monoisotopic (exact) mass is 326 g/mol. The topological polar surface area (TPSA) is 98.5 Å². The maximum Gasteiger partial charge on any atom is 0.252 e. The van der Waals surface area contributed by atoms with Crippen molar-refractivity contribution >= 4 is 27.3 Å². The number of primary sulfonamides is 1. The van der Waals surface area contributed by atoms with E-state index in [1.807, 2.05) is 24.3 Å². The van der Waals surface area contributed by atoms with E-state index in [-0.39, 0.29) is 15.7 Å². The lowest BCUT2D eigenvalue weighted by molar-refractivity contribution is 0.0951. The molecule has 0 fully saturated rings. The third-order valence-corrected chi connectivity index (χ3v) is 5.09. The van der Waals surface area contributed by atoms with Gasteiger partial charge < -0.3 is 10.1 Å². The van der Waals surface area contributed by atoms with Gasteiger partial charge in [0.1, 0.15) is 9.96 Å². The van der Waals surface area contributed by atoms with Crippen LogP contribution in [0.25, 0.3) is 0 Å². The molecule has 1 aromatic heterocycles. The minimum Gasteiger partial charge on any atom is -0.497 e. The fourth-order valence-corrected chi connectivity index (χ4v) is 3.24. The van der Waals surface area contributed by atoms with Gasteiger partial charge in [-0.05, 0) is 23.8 Å². The molecule has 0 aliphatic carbocycles. The Labute approximate surface area is 126 Å². The normalized spacial score (nSPS) is 11.1. The number of nitrogens with one attached hydrogen (secondary N) is 1. The molecular weight excluding hydrogens is 312 g/mol. The molecule has 8 heteroatoms. The van der Waals surface area contributed by atoms with Crippen LogP contribution in [0, 0.1) is 0 Å². The molecule has 1 aromatic carbocycles. The lowest BCUT2D eigenvalue weighted by Gasteiger charge is -2.06. The van der Waals surface area contributed by atoms with Crippen LogP contribution in [0.1, 0.15) is 15.9 Å². The summed E-state index contributed by atoms with van der Waals surface area (Å²) in [5, 5.41) is 9.17. The fourth-order valence-electron chi connectivity index (χ4n) is 1.65. The molecule has 0 aliphatic heterocycles. The highest BCUT2D eigenvalue weighted by Crippen LogP contribution is 2.19. The first-order chi connectivity index (χ1) is 9.90. The molecule has 0 radical (unpaired) electrons. The van der Waals surface area contributed by atoms with Gasteiger partial charge in [0.25, 0.3) is 5.91 Å². The predicted octanol–water partition coefficient (Wildman–Crippen LogP) is 1.33. The van der Waals surface area contributed by atoms with Crippen molar-refractivity contribution in [2.45, 2.75) is 10.8 Å². The van der Waals surface area contributed by atoms with Gasteiger partial charge >= 0.3 is 0 Å². The molecule has 2 aromatic rings. The zero-order chi connectivity index (χ0) is 15.5. The van der Waals surface area contributed by atoms with Crippen LogP contribution in [0.3, 0.4) is 0 Å². The van der Waals surface area contributed by atoms with E-state index in [1.165, 1.54) is 11.4 Å². The Morgan fingerprint density at radius 2 is 2.14 bits per heavy atom. The summed E-state index contributed by atoms with van der Waals surface area (Å²) in [7, 11) is -2.20. The Morgan fingerprint density at radius 1 is 1.38 bits per heavy atom. The van der Waals surface area contributed by atoms with Gasteiger partial charge in [0, 0.05) is 11.9 Å². The number of thiophene rings is 1. The quantitative estimate of drug-likeness (QED) is 0.866. The number of sulfonamides is 1.